The Kier molecular flexibility index (Phi) is 6.53. The lowest BCUT2D eigenvalue weighted by atomic mass is 9.94. The van der Waals surface area contributed by atoms with E-state index in [4.69, 9.17) is 5.73 Å². The summed E-state index contributed by atoms with van der Waals surface area (Å²) in [4.78, 5) is 41.9. The fourth-order valence-electron chi connectivity index (χ4n) is 5.34. The molecule has 1 aliphatic heterocycles. The molecule has 2 fully saturated rings. The third-order valence-electron chi connectivity index (χ3n) is 7.75. The van der Waals surface area contributed by atoms with Crippen LogP contribution in [0.25, 0.3) is 21.9 Å². The minimum atomic E-state index is -0.149. The predicted molar refractivity (Wildman–Crippen MR) is 153 cm³/mol. The molecule has 1 saturated heterocycles. The van der Waals surface area contributed by atoms with Crippen molar-refractivity contribution >= 4 is 22.6 Å². The molecule has 39 heavy (non-hydrogen) atoms. The summed E-state index contributed by atoms with van der Waals surface area (Å²) in [6.45, 7) is 3.46. The van der Waals surface area contributed by atoms with Gasteiger partial charge < -0.3 is 20.5 Å². The van der Waals surface area contributed by atoms with Crippen LogP contribution >= 0.6 is 0 Å². The second-order valence-electron chi connectivity index (χ2n) is 10.8. The summed E-state index contributed by atoms with van der Waals surface area (Å²) < 4.78 is 1.62. The molecule has 1 aromatic heterocycles. The maximum Gasteiger partial charge on any atom is 0.258 e. The zero-order chi connectivity index (χ0) is 27.1. The van der Waals surface area contributed by atoms with E-state index in [1.165, 1.54) is 0 Å². The molecule has 3 aromatic carbocycles. The largest absolute Gasteiger partial charge is 0.349 e. The van der Waals surface area contributed by atoms with Crippen molar-refractivity contribution in [3.63, 3.8) is 0 Å². The molecule has 7 nitrogen and oxygen atoms in total. The van der Waals surface area contributed by atoms with E-state index >= 15 is 0 Å². The number of hydrogen-bond acceptors (Lipinski definition) is 4. The second kappa shape index (κ2) is 10.2. The Balaban J connectivity index is 1.47. The van der Waals surface area contributed by atoms with E-state index in [-0.39, 0.29) is 29.5 Å². The quantitative estimate of drug-likeness (QED) is 0.400. The smallest absolute Gasteiger partial charge is 0.258 e. The Hall–Kier alpha value is -4.23. The summed E-state index contributed by atoms with van der Waals surface area (Å²) in [5.41, 5.74) is 10.8. The van der Waals surface area contributed by atoms with Gasteiger partial charge in [-0.2, -0.15) is 0 Å². The van der Waals surface area contributed by atoms with Crippen LogP contribution in [0.4, 0.5) is 0 Å². The topological polar surface area (TPSA) is 97.4 Å². The van der Waals surface area contributed by atoms with Crippen molar-refractivity contribution in [1.82, 2.24) is 14.8 Å². The van der Waals surface area contributed by atoms with E-state index in [0.29, 0.717) is 41.5 Å². The maximum atomic E-state index is 13.8. The lowest BCUT2D eigenvalue weighted by Gasteiger charge is -2.19. The van der Waals surface area contributed by atoms with Crippen LogP contribution in [0.15, 0.2) is 77.7 Å². The fourth-order valence-corrected chi connectivity index (χ4v) is 5.34. The number of amides is 2. The van der Waals surface area contributed by atoms with Gasteiger partial charge in [0.2, 0.25) is 0 Å². The number of hydrogen-bond donors (Lipinski definition) is 2. The van der Waals surface area contributed by atoms with E-state index in [0.717, 1.165) is 41.5 Å². The molecule has 0 radical (unpaired) electrons. The number of pyridine rings is 1. The van der Waals surface area contributed by atoms with Gasteiger partial charge in [-0.1, -0.05) is 42.5 Å². The molecule has 2 heterocycles. The summed E-state index contributed by atoms with van der Waals surface area (Å²) >= 11 is 0. The van der Waals surface area contributed by atoms with Crippen LogP contribution in [0.3, 0.4) is 0 Å². The van der Waals surface area contributed by atoms with Crippen molar-refractivity contribution in [2.45, 2.75) is 44.8 Å². The van der Waals surface area contributed by atoms with Crippen molar-refractivity contribution in [1.29, 1.82) is 0 Å². The third kappa shape index (κ3) is 5.10. The minimum absolute atomic E-state index is 0.0434. The molecule has 0 bridgehead atoms. The van der Waals surface area contributed by atoms with Crippen molar-refractivity contribution in [2.75, 3.05) is 13.1 Å². The summed E-state index contributed by atoms with van der Waals surface area (Å²) in [6, 6.07) is 21.3. The minimum Gasteiger partial charge on any atom is -0.349 e. The van der Waals surface area contributed by atoms with Gasteiger partial charge in [0.05, 0.1) is 12.1 Å². The number of aromatic nitrogens is 1. The highest BCUT2D eigenvalue weighted by Gasteiger charge is 2.27. The highest BCUT2D eigenvalue weighted by atomic mass is 16.2. The zero-order valence-electron chi connectivity index (χ0n) is 22.0. The van der Waals surface area contributed by atoms with Gasteiger partial charge in [-0.25, -0.2) is 0 Å². The molecule has 6 rings (SSSR count). The standard InChI is InChI=1S/C32H32N4O3/c1-20-7-8-23(30(37)34-25-10-11-25)16-27(20)22-9-12-26-28(15-22)29(32(39)35-14-13-24(33)18-35)19-36(31(26)38)17-21-5-3-2-4-6-21/h2-9,12,15-16,19,24-25H,10-11,13-14,17-18,33H2,1H3,(H,34,37)/t24-/m1/s1. The van der Waals surface area contributed by atoms with Crippen molar-refractivity contribution in [2.24, 2.45) is 5.73 Å². The van der Waals surface area contributed by atoms with Gasteiger partial charge in [-0.3, -0.25) is 14.4 Å². The molecule has 0 unspecified atom stereocenters. The zero-order valence-corrected chi connectivity index (χ0v) is 22.0. The van der Waals surface area contributed by atoms with Crippen molar-refractivity contribution in [3.8, 4) is 11.1 Å². The number of nitrogens with two attached hydrogens (primary N) is 1. The third-order valence-corrected chi connectivity index (χ3v) is 7.75. The second-order valence-corrected chi connectivity index (χ2v) is 10.8. The molecule has 1 saturated carbocycles. The lowest BCUT2D eigenvalue weighted by molar-refractivity contribution is 0.0791. The molecule has 4 aromatic rings. The maximum absolute atomic E-state index is 13.8. The van der Waals surface area contributed by atoms with Crippen LogP contribution in [0.5, 0.6) is 0 Å². The Labute approximate surface area is 227 Å². The fraction of sp³-hybridized carbons (Fsp3) is 0.281. The summed E-state index contributed by atoms with van der Waals surface area (Å²) in [5.74, 6) is -0.203. The van der Waals surface area contributed by atoms with Crippen molar-refractivity contribution < 1.29 is 9.59 Å². The summed E-state index contributed by atoms with van der Waals surface area (Å²) in [5, 5.41) is 4.15. The van der Waals surface area contributed by atoms with Gasteiger partial charge in [-0.15, -0.1) is 0 Å². The van der Waals surface area contributed by atoms with E-state index in [9.17, 15) is 14.4 Å². The average molecular weight is 521 g/mol. The van der Waals surface area contributed by atoms with E-state index in [1.54, 1.807) is 21.7 Å². The van der Waals surface area contributed by atoms with Crippen molar-refractivity contribution in [3.05, 3.63) is 106 Å². The highest BCUT2D eigenvalue weighted by molar-refractivity contribution is 6.08. The molecule has 2 aliphatic rings. The van der Waals surface area contributed by atoms with Gasteiger partial charge in [0.15, 0.2) is 0 Å². The Morgan fingerprint density at radius 1 is 0.974 bits per heavy atom. The number of likely N-dealkylation sites (tertiary alicyclic amines) is 1. The number of nitrogens with one attached hydrogen (secondary N) is 1. The lowest BCUT2D eigenvalue weighted by Crippen LogP contribution is -2.33. The van der Waals surface area contributed by atoms with Gasteiger partial charge >= 0.3 is 0 Å². The number of nitrogens with zero attached hydrogens (tertiary/aromatic N) is 2. The number of benzene rings is 3. The van der Waals surface area contributed by atoms with Crippen LogP contribution in [0.2, 0.25) is 0 Å². The molecule has 198 valence electrons. The first-order chi connectivity index (χ1) is 18.9. The van der Waals surface area contributed by atoms with Gasteiger partial charge in [0, 0.05) is 47.7 Å². The molecule has 7 heteroatoms. The molecule has 2 amide bonds. The first kappa shape index (κ1) is 25.1. The van der Waals surface area contributed by atoms with E-state index in [2.05, 4.69) is 5.32 Å². The first-order valence-electron chi connectivity index (χ1n) is 13.6. The molecular formula is C32H32N4O3. The number of carbonyl (C=O) groups is 2. The van der Waals surface area contributed by atoms with E-state index < -0.39 is 0 Å². The molecular weight excluding hydrogens is 488 g/mol. The highest BCUT2D eigenvalue weighted by Crippen LogP contribution is 2.30. The number of rotatable bonds is 6. The molecule has 1 atom stereocenters. The van der Waals surface area contributed by atoms with Gasteiger partial charge in [0.1, 0.15) is 0 Å². The van der Waals surface area contributed by atoms with Crippen LogP contribution in [-0.4, -0.2) is 46.5 Å². The summed E-state index contributed by atoms with van der Waals surface area (Å²) in [7, 11) is 0. The predicted octanol–water partition coefficient (Wildman–Crippen LogP) is 4.09. The molecule has 0 spiro atoms. The normalized spacial score (nSPS) is 17.0. The summed E-state index contributed by atoms with van der Waals surface area (Å²) in [6.07, 6.45) is 4.50. The van der Waals surface area contributed by atoms with Gasteiger partial charge in [-0.05, 0) is 72.7 Å². The number of fused-ring (bicyclic) bond motifs is 1. The SMILES string of the molecule is Cc1ccc(C(=O)NC2CC2)cc1-c1ccc2c(=O)n(Cc3ccccc3)cc(C(=O)N3CC[C@@H](N)C3)c2c1. The van der Waals surface area contributed by atoms with Crippen LogP contribution in [0, 0.1) is 6.92 Å². The number of aryl methyl sites for hydroxylation is 1. The Morgan fingerprint density at radius 2 is 1.77 bits per heavy atom. The van der Waals surface area contributed by atoms with Crippen LogP contribution in [-0.2, 0) is 6.54 Å². The number of carbonyl (C=O) groups excluding carboxylic acids is 2. The van der Waals surface area contributed by atoms with Crippen LogP contribution < -0.4 is 16.6 Å². The first-order valence-corrected chi connectivity index (χ1v) is 13.6. The monoisotopic (exact) mass is 520 g/mol. The molecule has 1 aliphatic carbocycles. The average Bonchev–Trinajstić information content (AvgIpc) is 3.66. The molecule has 3 N–H and O–H groups in total. The Morgan fingerprint density at radius 3 is 2.49 bits per heavy atom. The van der Waals surface area contributed by atoms with Crippen LogP contribution in [0.1, 0.15) is 51.1 Å². The van der Waals surface area contributed by atoms with Gasteiger partial charge in [0.25, 0.3) is 17.4 Å². The Bertz CT molecular complexity index is 1640. The van der Waals surface area contributed by atoms with E-state index in [1.807, 2.05) is 67.6 Å².